The third-order valence-corrected chi connectivity index (χ3v) is 2.37. The number of carbonyl (C=O) groups is 2. The van der Waals surface area contributed by atoms with Crippen molar-refractivity contribution in [2.24, 2.45) is 0 Å². The minimum atomic E-state index is -1.20. The lowest BCUT2D eigenvalue weighted by Crippen LogP contribution is -2.13. The van der Waals surface area contributed by atoms with E-state index in [-0.39, 0.29) is 28.7 Å². The summed E-state index contributed by atoms with van der Waals surface area (Å²) < 4.78 is 10.7. The molecule has 2 N–H and O–H groups in total. The van der Waals surface area contributed by atoms with Crippen molar-refractivity contribution in [3.05, 3.63) is 23.3 Å². The van der Waals surface area contributed by atoms with E-state index in [1.807, 2.05) is 6.92 Å². The second kappa shape index (κ2) is 6.79. The maximum absolute atomic E-state index is 11.2. The molecule has 1 aromatic rings. The van der Waals surface area contributed by atoms with Gasteiger partial charge < -0.3 is 19.7 Å². The summed E-state index contributed by atoms with van der Waals surface area (Å²) >= 11 is 0. The third-order valence-electron chi connectivity index (χ3n) is 2.37. The average molecular weight is 282 g/mol. The molecule has 0 saturated heterocycles. The Morgan fingerprint density at radius 3 is 2.05 bits per heavy atom. The Bertz CT molecular complexity index is 507. The first-order valence-corrected chi connectivity index (χ1v) is 6.30. The van der Waals surface area contributed by atoms with E-state index in [1.54, 1.807) is 13.8 Å². The van der Waals surface area contributed by atoms with E-state index in [9.17, 15) is 19.8 Å². The van der Waals surface area contributed by atoms with Gasteiger partial charge in [0.05, 0.1) is 12.7 Å². The minimum absolute atomic E-state index is 0.0220. The second-order valence-corrected chi connectivity index (χ2v) is 4.47. The van der Waals surface area contributed by atoms with Gasteiger partial charge in [-0.1, -0.05) is 6.92 Å². The largest absolute Gasteiger partial charge is 0.493 e. The molecule has 0 aliphatic carbocycles. The maximum atomic E-state index is 11.2. The van der Waals surface area contributed by atoms with Gasteiger partial charge in [0, 0.05) is 0 Å². The number of rotatable bonds is 7. The molecule has 6 heteroatoms. The highest BCUT2D eigenvalue weighted by molar-refractivity contribution is 5.97. The van der Waals surface area contributed by atoms with E-state index >= 15 is 0 Å². The molecule has 0 aliphatic heterocycles. The molecule has 0 aliphatic rings. The molecule has 0 amide bonds. The van der Waals surface area contributed by atoms with Crippen LogP contribution in [-0.2, 0) is 0 Å². The van der Waals surface area contributed by atoms with Crippen LogP contribution in [0.25, 0.3) is 0 Å². The SMILES string of the molecule is CCCOc1cc(C(=O)O)c(OC(C)C)cc1C(=O)O. The van der Waals surface area contributed by atoms with E-state index in [4.69, 9.17) is 9.47 Å². The van der Waals surface area contributed by atoms with Crippen LogP contribution >= 0.6 is 0 Å². The monoisotopic (exact) mass is 282 g/mol. The number of carboxylic acids is 2. The molecule has 0 aromatic heterocycles. The van der Waals surface area contributed by atoms with Gasteiger partial charge in [-0.3, -0.25) is 0 Å². The van der Waals surface area contributed by atoms with Gasteiger partial charge in [-0.25, -0.2) is 9.59 Å². The van der Waals surface area contributed by atoms with Crippen molar-refractivity contribution in [1.29, 1.82) is 0 Å². The molecule has 1 aromatic carbocycles. The van der Waals surface area contributed by atoms with Crippen molar-refractivity contribution >= 4 is 11.9 Å². The fourth-order valence-corrected chi connectivity index (χ4v) is 1.58. The van der Waals surface area contributed by atoms with E-state index < -0.39 is 11.9 Å². The molecule has 0 unspecified atom stereocenters. The predicted octanol–water partition coefficient (Wildman–Crippen LogP) is 2.66. The molecule has 0 spiro atoms. The Kier molecular flexibility index (Phi) is 5.37. The molecule has 0 heterocycles. The van der Waals surface area contributed by atoms with E-state index in [1.165, 1.54) is 12.1 Å². The van der Waals surface area contributed by atoms with Gasteiger partial charge in [0.2, 0.25) is 0 Å². The summed E-state index contributed by atoms with van der Waals surface area (Å²) in [6.07, 6.45) is 0.420. The van der Waals surface area contributed by atoms with Crippen LogP contribution in [0.1, 0.15) is 47.9 Å². The van der Waals surface area contributed by atoms with Gasteiger partial charge >= 0.3 is 11.9 Å². The van der Waals surface area contributed by atoms with E-state index in [0.29, 0.717) is 13.0 Å². The number of ether oxygens (including phenoxy) is 2. The van der Waals surface area contributed by atoms with Crippen LogP contribution in [-0.4, -0.2) is 34.9 Å². The zero-order valence-corrected chi connectivity index (χ0v) is 11.7. The maximum Gasteiger partial charge on any atom is 0.339 e. The van der Waals surface area contributed by atoms with Crippen LogP contribution in [0, 0.1) is 0 Å². The molecule has 1 rings (SSSR count). The molecule has 6 nitrogen and oxygen atoms in total. The van der Waals surface area contributed by atoms with Gasteiger partial charge in [-0.05, 0) is 32.4 Å². The number of aromatic carboxylic acids is 2. The smallest absolute Gasteiger partial charge is 0.339 e. The van der Waals surface area contributed by atoms with Crippen molar-refractivity contribution < 1.29 is 29.3 Å². The number of carboxylic acid groups (broad SMARTS) is 2. The summed E-state index contributed by atoms with van der Waals surface area (Å²) in [5, 5.41) is 18.3. The molecule has 20 heavy (non-hydrogen) atoms. The van der Waals surface area contributed by atoms with Gasteiger partial charge in [0.15, 0.2) is 0 Å². The normalized spacial score (nSPS) is 10.4. The lowest BCUT2D eigenvalue weighted by Gasteiger charge is -2.15. The van der Waals surface area contributed by atoms with Crippen molar-refractivity contribution in [3.8, 4) is 11.5 Å². The number of hydrogen-bond acceptors (Lipinski definition) is 4. The Morgan fingerprint density at radius 1 is 1.10 bits per heavy atom. The molecule has 110 valence electrons. The number of benzene rings is 1. The Balaban J connectivity index is 3.34. The highest BCUT2D eigenvalue weighted by Gasteiger charge is 2.21. The van der Waals surface area contributed by atoms with Gasteiger partial charge in [-0.15, -0.1) is 0 Å². The first kappa shape index (κ1) is 15.8. The highest BCUT2D eigenvalue weighted by atomic mass is 16.5. The van der Waals surface area contributed by atoms with Crippen molar-refractivity contribution in [2.75, 3.05) is 6.61 Å². The number of hydrogen-bond donors (Lipinski definition) is 2. The summed E-state index contributed by atoms with van der Waals surface area (Å²) in [5.74, 6) is -2.33. The summed E-state index contributed by atoms with van der Waals surface area (Å²) in [4.78, 5) is 22.4. The van der Waals surface area contributed by atoms with Crippen LogP contribution in [0.5, 0.6) is 11.5 Å². The van der Waals surface area contributed by atoms with Gasteiger partial charge in [0.25, 0.3) is 0 Å². The zero-order chi connectivity index (χ0) is 15.3. The van der Waals surface area contributed by atoms with Crippen LogP contribution in [0.4, 0.5) is 0 Å². The van der Waals surface area contributed by atoms with Crippen LogP contribution in [0.15, 0.2) is 12.1 Å². The van der Waals surface area contributed by atoms with Crippen LogP contribution in [0.3, 0.4) is 0 Å². The summed E-state index contributed by atoms with van der Waals surface area (Å²) in [5.41, 5.74) is -0.228. The molecule has 0 saturated carbocycles. The first-order valence-electron chi connectivity index (χ1n) is 6.30. The fourth-order valence-electron chi connectivity index (χ4n) is 1.58. The first-order chi connectivity index (χ1) is 9.36. The zero-order valence-electron chi connectivity index (χ0n) is 11.7. The van der Waals surface area contributed by atoms with E-state index in [0.717, 1.165) is 0 Å². The summed E-state index contributed by atoms with van der Waals surface area (Å²) in [6.45, 7) is 5.64. The lowest BCUT2D eigenvalue weighted by molar-refractivity contribution is 0.0671. The molecular formula is C14H18O6. The minimum Gasteiger partial charge on any atom is -0.493 e. The topological polar surface area (TPSA) is 93.1 Å². The summed E-state index contributed by atoms with van der Waals surface area (Å²) in [7, 11) is 0. The van der Waals surface area contributed by atoms with Crippen molar-refractivity contribution in [2.45, 2.75) is 33.3 Å². The predicted molar refractivity (Wildman–Crippen MR) is 71.9 cm³/mol. The van der Waals surface area contributed by atoms with Crippen molar-refractivity contribution in [3.63, 3.8) is 0 Å². The van der Waals surface area contributed by atoms with Crippen LogP contribution < -0.4 is 9.47 Å². The van der Waals surface area contributed by atoms with Gasteiger partial charge in [-0.2, -0.15) is 0 Å². The molecule has 0 atom stereocenters. The average Bonchev–Trinajstić information content (AvgIpc) is 2.35. The van der Waals surface area contributed by atoms with E-state index in [2.05, 4.69) is 0 Å². The molecule has 0 radical (unpaired) electrons. The quantitative estimate of drug-likeness (QED) is 0.798. The highest BCUT2D eigenvalue weighted by Crippen LogP contribution is 2.30. The second-order valence-electron chi connectivity index (χ2n) is 4.47. The molecule has 0 fully saturated rings. The Hall–Kier alpha value is -2.24. The fraction of sp³-hybridized carbons (Fsp3) is 0.429. The van der Waals surface area contributed by atoms with Gasteiger partial charge in [0.1, 0.15) is 22.6 Å². The standard InChI is InChI=1S/C14H18O6/c1-4-5-19-11-6-10(14(17)18)12(20-8(2)3)7-9(11)13(15)16/h6-8H,4-5H2,1-3H3,(H,15,16)(H,17,18). The Morgan fingerprint density at radius 2 is 1.60 bits per heavy atom. The lowest BCUT2D eigenvalue weighted by atomic mass is 10.1. The Labute approximate surface area is 116 Å². The third kappa shape index (κ3) is 3.88. The molecule has 0 bridgehead atoms. The summed E-state index contributed by atoms with van der Waals surface area (Å²) in [6, 6.07) is 2.38. The van der Waals surface area contributed by atoms with Crippen LogP contribution in [0.2, 0.25) is 0 Å². The molecular weight excluding hydrogens is 264 g/mol. The van der Waals surface area contributed by atoms with Crippen molar-refractivity contribution in [1.82, 2.24) is 0 Å².